The Labute approximate surface area is 187 Å². The van der Waals surface area contributed by atoms with Crippen molar-refractivity contribution in [2.45, 2.75) is 38.3 Å². The van der Waals surface area contributed by atoms with E-state index in [1.165, 1.54) is 7.11 Å². The van der Waals surface area contributed by atoms with Crippen LogP contribution in [0.1, 0.15) is 25.7 Å². The molecule has 1 aliphatic heterocycles. The summed E-state index contributed by atoms with van der Waals surface area (Å²) in [4.78, 5) is 17.3. The molecule has 0 bridgehead atoms. The zero-order chi connectivity index (χ0) is 20.4. The van der Waals surface area contributed by atoms with E-state index in [9.17, 15) is 13.6 Å². The van der Waals surface area contributed by atoms with Gasteiger partial charge >= 0.3 is 12.6 Å². The number of ether oxygens (including phenoxy) is 2. The molecule has 1 aromatic carbocycles. The number of para-hydroxylation sites is 2. The molecule has 0 aromatic heterocycles. The summed E-state index contributed by atoms with van der Waals surface area (Å²) in [6.07, 6.45) is 2.83. The van der Waals surface area contributed by atoms with Crippen LogP contribution in [0.25, 0.3) is 0 Å². The van der Waals surface area contributed by atoms with E-state index in [2.05, 4.69) is 25.1 Å². The number of methoxy groups -OCH3 is 1. The van der Waals surface area contributed by atoms with Crippen LogP contribution >= 0.6 is 24.0 Å². The molecule has 0 spiro atoms. The largest absolute Gasteiger partial charge is 0.469 e. The molecule has 1 saturated heterocycles. The molecule has 7 nitrogen and oxygen atoms in total. The molecule has 29 heavy (non-hydrogen) atoms. The van der Waals surface area contributed by atoms with E-state index in [-0.39, 0.29) is 41.7 Å². The zero-order valence-electron chi connectivity index (χ0n) is 16.7. The van der Waals surface area contributed by atoms with E-state index in [4.69, 9.17) is 0 Å². The Balaban J connectivity index is 0.00000420. The van der Waals surface area contributed by atoms with Gasteiger partial charge in [0.15, 0.2) is 5.96 Å². The number of anilines is 1. The van der Waals surface area contributed by atoms with Gasteiger partial charge in [0.25, 0.3) is 0 Å². The van der Waals surface area contributed by atoms with Gasteiger partial charge in [-0.15, -0.1) is 24.0 Å². The van der Waals surface area contributed by atoms with Crippen molar-refractivity contribution in [3.05, 3.63) is 24.3 Å². The van der Waals surface area contributed by atoms with Crippen molar-refractivity contribution in [3.63, 3.8) is 0 Å². The molecular weight excluding hydrogens is 497 g/mol. The summed E-state index contributed by atoms with van der Waals surface area (Å²) in [5.41, 5.74) is 0.665. The Hall–Kier alpha value is -1.85. The van der Waals surface area contributed by atoms with Crippen LogP contribution in [0.3, 0.4) is 0 Å². The third kappa shape index (κ3) is 8.58. The molecule has 0 aliphatic carbocycles. The van der Waals surface area contributed by atoms with Crippen molar-refractivity contribution < 1.29 is 23.0 Å². The third-order valence-electron chi connectivity index (χ3n) is 4.50. The topological polar surface area (TPSA) is 75.2 Å². The molecule has 1 aliphatic rings. The lowest BCUT2D eigenvalue weighted by Gasteiger charge is -2.22. The number of rotatable bonds is 9. The fraction of sp³-hybridized carbons (Fsp3) is 0.579. The normalized spacial score (nSPS) is 16.4. The van der Waals surface area contributed by atoms with Gasteiger partial charge in [0.2, 0.25) is 0 Å². The molecule has 1 atom stereocenters. The molecule has 2 rings (SSSR count). The van der Waals surface area contributed by atoms with Crippen LogP contribution in [-0.2, 0) is 9.53 Å². The summed E-state index contributed by atoms with van der Waals surface area (Å²) in [5.74, 6) is 0.665. The van der Waals surface area contributed by atoms with Crippen LogP contribution in [0.4, 0.5) is 14.5 Å². The molecule has 1 heterocycles. The van der Waals surface area contributed by atoms with Gasteiger partial charge in [-0.1, -0.05) is 12.1 Å². The molecular formula is C19H29F2IN4O3. The molecule has 1 aromatic rings. The smallest absolute Gasteiger partial charge is 0.387 e. The fourth-order valence-electron chi connectivity index (χ4n) is 3.10. The number of unbranched alkanes of at least 4 members (excludes halogenated alkanes) is 1. The number of carbonyl (C=O) groups is 1. The maximum atomic E-state index is 12.6. The maximum Gasteiger partial charge on any atom is 0.387 e. The van der Waals surface area contributed by atoms with Gasteiger partial charge in [-0.05, 0) is 31.4 Å². The van der Waals surface area contributed by atoms with Crippen molar-refractivity contribution >= 4 is 41.6 Å². The van der Waals surface area contributed by atoms with E-state index >= 15 is 0 Å². The first kappa shape index (κ1) is 25.2. The lowest BCUT2D eigenvalue weighted by atomic mass is 10.2. The Kier molecular flexibility index (Phi) is 11.6. The standard InChI is InChI=1S/C19H28F2N4O3.HI/c1-22-19(23-11-6-5-9-17(26)27-2)24-14-10-12-25(13-14)15-7-3-4-8-16(15)28-18(20)21;/h3-4,7-8,14,18H,5-6,9-13H2,1-2H3,(H2,22,23,24);1H. The van der Waals surface area contributed by atoms with E-state index in [0.717, 1.165) is 25.8 Å². The van der Waals surface area contributed by atoms with Crippen molar-refractivity contribution in [2.24, 2.45) is 4.99 Å². The number of guanidine groups is 1. The Morgan fingerprint density at radius 1 is 1.34 bits per heavy atom. The number of aliphatic imine (C=N–C) groups is 1. The van der Waals surface area contributed by atoms with Gasteiger partial charge in [0.05, 0.1) is 12.8 Å². The van der Waals surface area contributed by atoms with Crippen molar-refractivity contribution in [3.8, 4) is 5.75 Å². The van der Waals surface area contributed by atoms with Crippen molar-refractivity contribution in [2.75, 3.05) is 38.7 Å². The van der Waals surface area contributed by atoms with Crippen LogP contribution in [0.5, 0.6) is 5.75 Å². The summed E-state index contributed by atoms with van der Waals surface area (Å²) < 4.78 is 34.5. The minimum Gasteiger partial charge on any atom is -0.469 e. The quantitative estimate of drug-likeness (QED) is 0.170. The molecule has 0 saturated carbocycles. The van der Waals surface area contributed by atoms with Crippen LogP contribution in [0.2, 0.25) is 0 Å². The Morgan fingerprint density at radius 3 is 2.79 bits per heavy atom. The van der Waals surface area contributed by atoms with Crippen LogP contribution < -0.4 is 20.3 Å². The number of nitrogens with zero attached hydrogens (tertiary/aromatic N) is 2. The lowest BCUT2D eigenvalue weighted by Crippen LogP contribution is -2.44. The predicted octanol–water partition coefficient (Wildman–Crippen LogP) is 2.99. The van der Waals surface area contributed by atoms with Crippen molar-refractivity contribution in [1.29, 1.82) is 0 Å². The van der Waals surface area contributed by atoms with Gasteiger partial charge in [-0.2, -0.15) is 8.78 Å². The molecule has 10 heteroatoms. The zero-order valence-corrected chi connectivity index (χ0v) is 19.0. The van der Waals surface area contributed by atoms with Crippen molar-refractivity contribution in [1.82, 2.24) is 10.6 Å². The summed E-state index contributed by atoms with van der Waals surface area (Å²) in [6.45, 7) is -0.762. The monoisotopic (exact) mass is 526 g/mol. The highest BCUT2D eigenvalue weighted by Crippen LogP contribution is 2.31. The first-order valence-corrected chi connectivity index (χ1v) is 9.36. The number of nitrogens with one attached hydrogen (secondary N) is 2. The van der Waals surface area contributed by atoms with E-state index in [0.29, 0.717) is 31.2 Å². The van der Waals surface area contributed by atoms with Crippen LogP contribution in [0, 0.1) is 0 Å². The molecule has 164 valence electrons. The van der Waals surface area contributed by atoms with Crippen LogP contribution in [-0.4, -0.2) is 58.4 Å². The lowest BCUT2D eigenvalue weighted by molar-refractivity contribution is -0.140. The second kappa shape index (κ2) is 13.4. The Morgan fingerprint density at radius 2 is 2.10 bits per heavy atom. The highest BCUT2D eigenvalue weighted by Gasteiger charge is 2.25. The molecule has 0 radical (unpaired) electrons. The molecule has 0 amide bonds. The number of esters is 1. The number of halogens is 3. The number of alkyl halides is 2. The first-order chi connectivity index (χ1) is 13.5. The average Bonchev–Trinajstić information content (AvgIpc) is 3.14. The molecule has 2 N–H and O–H groups in total. The fourth-order valence-corrected chi connectivity index (χ4v) is 3.10. The second-order valence-corrected chi connectivity index (χ2v) is 6.45. The Bertz CT molecular complexity index is 664. The SMILES string of the molecule is CN=C(NCCCCC(=O)OC)NC1CCN(c2ccccc2OC(F)F)C1.I. The van der Waals surface area contributed by atoms with Gasteiger partial charge < -0.3 is 25.0 Å². The first-order valence-electron chi connectivity index (χ1n) is 9.36. The molecule has 1 fully saturated rings. The van der Waals surface area contributed by atoms with E-state index in [1.807, 2.05) is 11.0 Å². The third-order valence-corrected chi connectivity index (χ3v) is 4.50. The molecule has 1 unspecified atom stereocenters. The summed E-state index contributed by atoms with van der Waals surface area (Å²) in [6, 6.07) is 6.97. The van der Waals surface area contributed by atoms with Gasteiger partial charge in [0, 0.05) is 39.1 Å². The summed E-state index contributed by atoms with van der Waals surface area (Å²) in [5, 5.41) is 6.58. The maximum absolute atomic E-state index is 12.6. The minimum absolute atomic E-state index is 0. The number of hydrogen-bond donors (Lipinski definition) is 2. The second-order valence-electron chi connectivity index (χ2n) is 6.45. The van der Waals surface area contributed by atoms with Crippen LogP contribution in [0.15, 0.2) is 29.3 Å². The average molecular weight is 526 g/mol. The number of hydrogen-bond acceptors (Lipinski definition) is 5. The van der Waals surface area contributed by atoms with E-state index < -0.39 is 6.61 Å². The number of benzene rings is 1. The van der Waals surface area contributed by atoms with Gasteiger partial charge in [-0.25, -0.2) is 0 Å². The highest BCUT2D eigenvalue weighted by molar-refractivity contribution is 14.0. The highest BCUT2D eigenvalue weighted by atomic mass is 127. The predicted molar refractivity (Wildman–Crippen MR) is 119 cm³/mol. The summed E-state index contributed by atoms with van der Waals surface area (Å²) >= 11 is 0. The minimum atomic E-state index is -2.85. The van der Waals surface area contributed by atoms with Gasteiger partial charge in [0.1, 0.15) is 5.75 Å². The van der Waals surface area contributed by atoms with Gasteiger partial charge in [-0.3, -0.25) is 9.79 Å². The van der Waals surface area contributed by atoms with E-state index in [1.54, 1.807) is 25.2 Å². The summed E-state index contributed by atoms with van der Waals surface area (Å²) in [7, 11) is 3.08. The number of carbonyl (C=O) groups excluding carboxylic acids is 1.